The molecule has 2 aliphatic rings. The number of benzene rings is 1. The van der Waals surface area contributed by atoms with Crippen LogP contribution in [0.15, 0.2) is 40.9 Å². The van der Waals surface area contributed by atoms with Gasteiger partial charge in [-0.1, -0.05) is 47.6 Å². The first kappa shape index (κ1) is 28.5. The van der Waals surface area contributed by atoms with Gasteiger partial charge in [-0.15, -0.1) is 0 Å². The summed E-state index contributed by atoms with van der Waals surface area (Å²) in [6.45, 7) is 13.6. The van der Waals surface area contributed by atoms with E-state index in [4.69, 9.17) is 9.47 Å². The predicted molar refractivity (Wildman–Crippen MR) is 141 cm³/mol. The van der Waals surface area contributed by atoms with Gasteiger partial charge in [-0.3, -0.25) is 14.4 Å². The van der Waals surface area contributed by atoms with Gasteiger partial charge in [0.1, 0.15) is 11.5 Å². The Morgan fingerprint density at radius 2 is 1.41 bits per heavy atom. The second-order valence-corrected chi connectivity index (χ2v) is 12.2. The minimum atomic E-state index is -0.966. The second-order valence-electron chi connectivity index (χ2n) is 12.2. The molecule has 7 heteroatoms. The third kappa shape index (κ3) is 6.62. The molecule has 0 aromatic heterocycles. The highest BCUT2D eigenvalue weighted by Crippen LogP contribution is 2.48. The lowest BCUT2D eigenvalue weighted by Crippen LogP contribution is -2.33. The third-order valence-electron chi connectivity index (χ3n) is 6.77. The van der Waals surface area contributed by atoms with Gasteiger partial charge in [0.15, 0.2) is 23.1 Å². The van der Waals surface area contributed by atoms with E-state index in [1.165, 1.54) is 0 Å². The summed E-state index contributed by atoms with van der Waals surface area (Å²) in [4.78, 5) is 39.2. The van der Waals surface area contributed by atoms with E-state index in [1.54, 1.807) is 25.1 Å². The summed E-state index contributed by atoms with van der Waals surface area (Å²) in [6.07, 6.45) is 1.22. The van der Waals surface area contributed by atoms with Crippen molar-refractivity contribution in [3.63, 3.8) is 0 Å². The van der Waals surface area contributed by atoms with Gasteiger partial charge in [0, 0.05) is 49.2 Å². The maximum Gasteiger partial charge on any atom is 0.311 e. The van der Waals surface area contributed by atoms with Gasteiger partial charge in [0.2, 0.25) is 0 Å². The number of aliphatic hydroxyl groups is 2. The molecule has 0 aliphatic heterocycles. The highest BCUT2D eigenvalue weighted by molar-refractivity contribution is 6.05. The lowest BCUT2D eigenvalue weighted by molar-refractivity contribution is -0.135. The molecule has 1 aromatic carbocycles. The number of esters is 1. The first-order valence-corrected chi connectivity index (χ1v) is 13.0. The zero-order valence-corrected chi connectivity index (χ0v) is 23.1. The van der Waals surface area contributed by atoms with Gasteiger partial charge in [-0.25, -0.2) is 0 Å². The monoisotopic (exact) mass is 512 g/mol. The summed E-state index contributed by atoms with van der Waals surface area (Å²) in [5.74, 6) is -1.39. The number of carbonyl (C=O) groups excluding carboxylic acids is 3. The molecule has 0 amide bonds. The van der Waals surface area contributed by atoms with E-state index < -0.39 is 22.7 Å². The molecular formula is C30H40O7. The summed E-state index contributed by atoms with van der Waals surface area (Å²) >= 11 is 0. The van der Waals surface area contributed by atoms with Crippen LogP contribution >= 0.6 is 0 Å². The van der Waals surface area contributed by atoms with Gasteiger partial charge < -0.3 is 19.7 Å². The Morgan fingerprint density at radius 1 is 0.892 bits per heavy atom. The molecule has 0 saturated heterocycles. The van der Waals surface area contributed by atoms with E-state index in [2.05, 4.69) is 0 Å². The smallest absolute Gasteiger partial charge is 0.311 e. The van der Waals surface area contributed by atoms with E-state index in [-0.39, 0.29) is 83.8 Å². The minimum Gasteiger partial charge on any atom is -0.512 e. The van der Waals surface area contributed by atoms with Gasteiger partial charge in [-0.05, 0) is 41.4 Å². The van der Waals surface area contributed by atoms with Crippen molar-refractivity contribution >= 4 is 17.5 Å². The van der Waals surface area contributed by atoms with Gasteiger partial charge in [-0.2, -0.15) is 0 Å². The maximum absolute atomic E-state index is 13.4. The normalized spacial score (nSPS) is 19.6. The summed E-state index contributed by atoms with van der Waals surface area (Å²) in [6, 6.07) is 4.87. The van der Waals surface area contributed by atoms with Gasteiger partial charge in [0.05, 0.1) is 6.61 Å². The van der Waals surface area contributed by atoms with E-state index in [0.717, 1.165) is 0 Å². The molecule has 2 N–H and O–H groups in total. The Balaban J connectivity index is 2.19. The highest BCUT2D eigenvalue weighted by Gasteiger charge is 2.43. The maximum atomic E-state index is 13.4. The van der Waals surface area contributed by atoms with Gasteiger partial charge in [0.25, 0.3) is 0 Å². The zero-order chi connectivity index (χ0) is 27.7. The predicted octanol–water partition coefficient (Wildman–Crippen LogP) is 6.52. The Kier molecular flexibility index (Phi) is 8.25. The van der Waals surface area contributed by atoms with Crippen LogP contribution < -0.4 is 9.47 Å². The number of ether oxygens (including phenoxy) is 2. The SMILES string of the molecule is CCOc1cc(C(C2=C(O)CC(C)(C)CC2=O)C2=C(O)CC(C)(C)CC2=O)ccc1OC(=O)CC(C)C. The number of Topliss-reactive ketones (excluding diaryl/α,β-unsaturated/α-hetero) is 2. The molecule has 0 bridgehead atoms. The molecule has 3 rings (SSSR count). The van der Waals surface area contributed by atoms with Crippen molar-refractivity contribution in [2.45, 2.75) is 86.5 Å². The second kappa shape index (κ2) is 10.7. The first-order chi connectivity index (χ1) is 17.1. The van der Waals surface area contributed by atoms with E-state index in [0.29, 0.717) is 12.2 Å². The van der Waals surface area contributed by atoms with E-state index >= 15 is 0 Å². The summed E-state index contributed by atoms with van der Waals surface area (Å²) in [7, 11) is 0. The fraction of sp³-hybridized carbons (Fsp3) is 0.567. The molecule has 0 atom stereocenters. The Labute approximate surface area is 219 Å². The largest absolute Gasteiger partial charge is 0.512 e. The van der Waals surface area contributed by atoms with Crippen molar-refractivity contribution in [2.75, 3.05) is 6.61 Å². The van der Waals surface area contributed by atoms with Crippen LogP contribution in [0.1, 0.15) is 92.1 Å². The van der Waals surface area contributed by atoms with E-state index in [1.807, 2.05) is 41.5 Å². The standard InChI is InChI=1S/C30H40O7/c1-8-36-24-12-18(9-10-23(24)37-25(35)11-17(2)3)26(27-19(31)13-29(4,5)14-20(27)32)28-21(33)15-30(6,7)16-22(28)34/h9-10,12,17,26,31,33H,8,11,13-16H2,1-7H3. The van der Waals surface area contributed by atoms with Crippen LogP contribution in [-0.4, -0.2) is 34.4 Å². The molecule has 0 radical (unpaired) electrons. The lowest BCUT2D eigenvalue weighted by Gasteiger charge is -2.36. The molecular weight excluding hydrogens is 472 g/mol. The van der Waals surface area contributed by atoms with Crippen LogP contribution in [0.4, 0.5) is 0 Å². The number of aliphatic hydroxyl groups excluding tert-OH is 2. The molecule has 0 spiro atoms. The van der Waals surface area contributed by atoms with Crippen molar-refractivity contribution in [1.82, 2.24) is 0 Å². The van der Waals surface area contributed by atoms with Gasteiger partial charge >= 0.3 is 5.97 Å². The summed E-state index contributed by atoms with van der Waals surface area (Å²) in [5, 5.41) is 22.2. The minimum absolute atomic E-state index is 0.0745. The van der Waals surface area contributed by atoms with Crippen molar-refractivity contribution in [3.8, 4) is 11.5 Å². The lowest BCUT2D eigenvalue weighted by atomic mass is 9.67. The molecule has 7 nitrogen and oxygen atoms in total. The fourth-order valence-electron chi connectivity index (χ4n) is 5.29. The van der Waals surface area contributed by atoms with Crippen molar-refractivity contribution in [2.24, 2.45) is 16.7 Å². The number of ketones is 2. The topological polar surface area (TPSA) is 110 Å². The first-order valence-electron chi connectivity index (χ1n) is 13.0. The molecule has 0 unspecified atom stereocenters. The molecule has 2 aliphatic carbocycles. The molecule has 37 heavy (non-hydrogen) atoms. The molecule has 0 fully saturated rings. The molecule has 0 saturated carbocycles. The van der Waals surface area contributed by atoms with Crippen LogP contribution in [0, 0.1) is 16.7 Å². The number of rotatable bonds is 8. The Bertz CT molecular complexity index is 1100. The Morgan fingerprint density at radius 3 is 1.84 bits per heavy atom. The Hall–Kier alpha value is -3.09. The van der Waals surface area contributed by atoms with E-state index in [9.17, 15) is 24.6 Å². The van der Waals surface area contributed by atoms with Crippen LogP contribution in [0.3, 0.4) is 0 Å². The number of allylic oxidation sites excluding steroid dienone is 4. The molecule has 202 valence electrons. The van der Waals surface area contributed by atoms with Crippen molar-refractivity contribution < 1.29 is 34.1 Å². The zero-order valence-electron chi connectivity index (χ0n) is 23.1. The quantitative estimate of drug-likeness (QED) is 0.301. The summed E-state index contributed by atoms with van der Waals surface area (Å²) in [5.41, 5.74) is -0.0946. The number of hydrogen-bond acceptors (Lipinski definition) is 7. The number of carbonyl (C=O) groups is 3. The van der Waals surface area contributed by atoms with Crippen LogP contribution in [0.5, 0.6) is 11.5 Å². The fourth-order valence-corrected chi connectivity index (χ4v) is 5.29. The summed E-state index contributed by atoms with van der Waals surface area (Å²) < 4.78 is 11.3. The molecule has 0 heterocycles. The highest BCUT2D eigenvalue weighted by atomic mass is 16.6. The van der Waals surface area contributed by atoms with Crippen molar-refractivity contribution in [1.29, 1.82) is 0 Å². The van der Waals surface area contributed by atoms with Crippen LogP contribution in [0.25, 0.3) is 0 Å². The third-order valence-corrected chi connectivity index (χ3v) is 6.77. The average Bonchev–Trinajstić information content (AvgIpc) is 2.70. The van der Waals surface area contributed by atoms with Crippen LogP contribution in [-0.2, 0) is 14.4 Å². The van der Waals surface area contributed by atoms with Crippen LogP contribution in [0.2, 0.25) is 0 Å². The average molecular weight is 513 g/mol. The molecule has 1 aromatic rings. The van der Waals surface area contributed by atoms with Crippen molar-refractivity contribution in [3.05, 3.63) is 46.4 Å². The number of hydrogen-bond donors (Lipinski definition) is 2.